The van der Waals surface area contributed by atoms with Crippen molar-refractivity contribution in [2.24, 2.45) is 17.3 Å². The predicted molar refractivity (Wildman–Crippen MR) is 246 cm³/mol. The highest BCUT2D eigenvalue weighted by Crippen LogP contribution is 2.58. The van der Waals surface area contributed by atoms with Gasteiger partial charge >= 0.3 is 24.0 Å². The van der Waals surface area contributed by atoms with Gasteiger partial charge in [0.2, 0.25) is 5.91 Å². The standard InChI is InChI=1S/C51H65ClF3N3O8/c1-8-64-45(60)41(30-48(4,5)6)57-43(59)16-11-25-65-38-18-17-34-27-35(26-32(2)31-66-42-19-24-56-40-15-9-12-33(3)44(40)42)49(39(34)29-38)20-22-50(23-21-49,47(62)63-7)58(46(61)51(53,54)55)37-14-10-13-36(52)28-37/h10,13-14,17-19,24,28-29,32-33,35,41H,8-9,11-12,15-16,20-23,25-27,30-31H2,1-7H3,(H,57,59)/t32-,33-,35+,41?,49?,50?/m1/s1. The molecular formula is C51H65ClF3N3O8. The number of rotatable bonds is 17. The lowest BCUT2D eigenvalue weighted by Gasteiger charge is -2.51. The molecule has 2 amide bonds. The van der Waals surface area contributed by atoms with E-state index in [-0.39, 0.29) is 79.2 Å². The van der Waals surface area contributed by atoms with Crippen LogP contribution in [0.1, 0.15) is 134 Å². The lowest BCUT2D eigenvalue weighted by Crippen LogP contribution is -2.63. The average molecular weight is 941 g/mol. The van der Waals surface area contributed by atoms with E-state index in [0.29, 0.717) is 42.4 Å². The number of pyridine rings is 1. The van der Waals surface area contributed by atoms with Crippen molar-refractivity contribution in [2.75, 3.05) is 31.8 Å². The van der Waals surface area contributed by atoms with Crippen LogP contribution in [0.15, 0.2) is 54.7 Å². The summed E-state index contributed by atoms with van der Waals surface area (Å²) < 4.78 is 66.9. The number of esters is 2. The van der Waals surface area contributed by atoms with Crippen LogP contribution in [0.4, 0.5) is 18.9 Å². The van der Waals surface area contributed by atoms with Gasteiger partial charge < -0.3 is 24.3 Å². The zero-order valence-corrected chi connectivity index (χ0v) is 40.0. The quantitative estimate of drug-likeness (QED) is 0.104. The second-order valence-corrected chi connectivity index (χ2v) is 20.2. The van der Waals surface area contributed by atoms with Gasteiger partial charge in [0, 0.05) is 34.6 Å². The summed E-state index contributed by atoms with van der Waals surface area (Å²) in [6.07, 6.45) is 2.19. The second kappa shape index (κ2) is 21.0. The largest absolute Gasteiger partial charge is 0.494 e. The molecule has 3 aliphatic rings. The number of ether oxygens (including phenoxy) is 4. The number of carbonyl (C=O) groups is 4. The predicted octanol–water partition coefficient (Wildman–Crippen LogP) is 10.4. The molecule has 0 bridgehead atoms. The third-order valence-corrected chi connectivity index (χ3v) is 13.9. The Bertz CT molecular complexity index is 2220. The summed E-state index contributed by atoms with van der Waals surface area (Å²) >= 11 is 6.28. The molecule has 3 aromatic rings. The Kier molecular flexibility index (Phi) is 16.1. The molecule has 1 unspecified atom stereocenters. The maximum atomic E-state index is 14.5. The summed E-state index contributed by atoms with van der Waals surface area (Å²) in [5, 5.41) is 2.94. The number of carbonyl (C=O) groups excluding carboxylic acids is 4. The van der Waals surface area contributed by atoms with Crippen molar-refractivity contribution < 1.29 is 51.3 Å². The van der Waals surface area contributed by atoms with Crippen LogP contribution in [0.2, 0.25) is 5.02 Å². The van der Waals surface area contributed by atoms with E-state index in [1.165, 1.54) is 29.8 Å². The van der Waals surface area contributed by atoms with Crippen LogP contribution in [0.3, 0.4) is 0 Å². The van der Waals surface area contributed by atoms with E-state index in [2.05, 4.69) is 24.1 Å². The smallest absolute Gasteiger partial charge is 0.471 e. The number of aromatic nitrogens is 1. The van der Waals surface area contributed by atoms with E-state index in [1.807, 2.05) is 45.0 Å². The molecule has 1 N–H and O–H groups in total. The summed E-state index contributed by atoms with van der Waals surface area (Å²) in [6, 6.07) is 12.6. The van der Waals surface area contributed by atoms with Crippen LogP contribution in [0.25, 0.3) is 0 Å². The Balaban J connectivity index is 1.26. The number of halogens is 4. The number of benzene rings is 2. The van der Waals surface area contributed by atoms with Crippen molar-refractivity contribution in [3.8, 4) is 11.5 Å². The molecular weight excluding hydrogens is 875 g/mol. The van der Waals surface area contributed by atoms with Gasteiger partial charge in [-0.3, -0.25) is 19.5 Å². The van der Waals surface area contributed by atoms with E-state index in [4.69, 9.17) is 30.5 Å². The van der Waals surface area contributed by atoms with Crippen molar-refractivity contribution in [1.82, 2.24) is 10.3 Å². The van der Waals surface area contributed by atoms with Crippen LogP contribution in [-0.4, -0.2) is 73.4 Å². The zero-order chi connectivity index (χ0) is 48.0. The molecule has 0 saturated heterocycles. The van der Waals surface area contributed by atoms with Crippen molar-refractivity contribution in [3.05, 3.63) is 82.1 Å². The van der Waals surface area contributed by atoms with Crippen molar-refractivity contribution in [1.29, 1.82) is 0 Å². The molecule has 0 aliphatic heterocycles. The topological polar surface area (TPSA) is 133 Å². The number of hydrogen-bond acceptors (Lipinski definition) is 9. The van der Waals surface area contributed by atoms with Gasteiger partial charge in [0.05, 0.1) is 26.9 Å². The van der Waals surface area contributed by atoms with E-state index in [9.17, 15) is 32.3 Å². The van der Waals surface area contributed by atoms with Crippen LogP contribution in [-0.2, 0) is 46.9 Å². The molecule has 1 heterocycles. The highest BCUT2D eigenvalue weighted by atomic mass is 35.5. The Hall–Kier alpha value is -4.85. The first-order valence-corrected chi connectivity index (χ1v) is 23.7. The Morgan fingerprint density at radius 2 is 1.76 bits per heavy atom. The molecule has 360 valence electrons. The van der Waals surface area contributed by atoms with E-state index in [1.54, 1.807) is 13.1 Å². The van der Waals surface area contributed by atoms with E-state index >= 15 is 0 Å². The highest BCUT2D eigenvalue weighted by Gasteiger charge is 2.60. The SMILES string of the molecule is CCOC(=O)C(CC(C)(C)C)NC(=O)CCCOc1ccc2c(c1)C1(CCC(C(=O)OC)(N(C(=O)C(F)(F)F)c3cccc(Cl)c3)CC1)[C@@H](C[C@@H](C)COc1ccnc3c1[C@H](C)CCC3)C2. The molecule has 1 fully saturated rings. The lowest BCUT2D eigenvalue weighted by molar-refractivity contribution is -0.174. The van der Waals surface area contributed by atoms with Gasteiger partial charge in [-0.05, 0) is 154 Å². The van der Waals surface area contributed by atoms with Crippen LogP contribution < -0.4 is 19.7 Å². The highest BCUT2D eigenvalue weighted by molar-refractivity contribution is 6.31. The first-order chi connectivity index (χ1) is 31.2. The van der Waals surface area contributed by atoms with Gasteiger partial charge in [-0.1, -0.05) is 58.4 Å². The number of fused-ring (bicyclic) bond motifs is 3. The number of anilines is 1. The maximum Gasteiger partial charge on any atom is 0.471 e. The first kappa shape index (κ1) is 50.6. The first-order valence-electron chi connectivity index (χ1n) is 23.3. The van der Waals surface area contributed by atoms with Gasteiger partial charge in [0.15, 0.2) is 0 Å². The minimum Gasteiger partial charge on any atom is -0.494 e. The van der Waals surface area contributed by atoms with E-state index < -0.39 is 41.0 Å². The van der Waals surface area contributed by atoms with Gasteiger partial charge in [-0.15, -0.1) is 0 Å². The van der Waals surface area contributed by atoms with Gasteiger partial charge in [-0.2, -0.15) is 13.2 Å². The summed E-state index contributed by atoms with van der Waals surface area (Å²) in [5.41, 5.74) is 1.34. The fourth-order valence-corrected chi connectivity index (χ4v) is 10.9. The number of alkyl halides is 3. The summed E-state index contributed by atoms with van der Waals surface area (Å²) in [7, 11) is 1.12. The van der Waals surface area contributed by atoms with Gasteiger partial charge in [-0.25, -0.2) is 9.59 Å². The molecule has 66 heavy (non-hydrogen) atoms. The molecule has 11 nitrogen and oxygen atoms in total. The monoisotopic (exact) mass is 939 g/mol. The molecule has 2 aromatic carbocycles. The Morgan fingerprint density at radius 1 is 1.02 bits per heavy atom. The fourth-order valence-electron chi connectivity index (χ4n) is 10.7. The molecule has 6 rings (SSSR count). The van der Waals surface area contributed by atoms with Crippen molar-refractivity contribution in [2.45, 2.75) is 148 Å². The van der Waals surface area contributed by atoms with E-state index in [0.717, 1.165) is 55.4 Å². The second-order valence-electron chi connectivity index (χ2n) is 19.7. The van der Waals surface area contributed by atoms with Crippen molar-refractivity contribution in [3.63, 3.8) is 0 Å². The normalized spacial score (nSPS) is 22.3. The molecule has 1 saturated carbocycles. The van der Waals surface area contributed by atoms with Crippen LogP contribution >= 0.6 is 11.6 Å². The molecule has 1 spiro atoms. The average Bonchev–Trinajstić information content (AvgIpc) is 3.54. The summed E-state index contributed by atoms with van der Waals surface area (Å²) in [5.74, 6) is -2.05. The molecule has 3 aliphatic carbocycles. The number of nitrogens with one attached hydrogen (secondary N) is 1. The maximum absolute atomic E-state index is 14.5. The van der Waals surface area contributed by atoms with Gasteiger partial charge in [0.1, 0.15) is 23.1 Å². The minimum absolute atomic E-state index is 0.00403. The summed E-state index contributed by atoms with van der Waals surface area (Å²) in [4.78, 5) is 58.3. The molecule has 15 heteroatoms. The molecule has 1 aromatic heterocycles. The number of nitrogens with zero attached hydrogens (tertiary/aromatic N) is 2. The molecule has 4 atom stereocenters. The molecule has 0 radical (unpaired) electrons. The lowest BCUT2D eigenvalue weighted by atomic mass is 9.59. The number of methoxy groups -OCH3 is 1. The summed E-state index contributed by atoms with van der Waals surface area (Å²) in [6.45, 7) is 12.9. The third-order valence-electron chi connectivity index (χ3n) is 13.7. The number of hydrogen-bond donors (Lipinski definition) is 1. The number of aryl methyl sites for hydroxylation is 1. The third kappa shape index (κ3) is 11.5. The minimum atomic E-state index is -5.30. The Morgan fingerprint density at radius 3 is 2.42 bits per heavy atom. The van der Waals surface area contributed by atoms with Crippen LogP contribution in [0, 0.1) is 17.3 Å². The Labute approximate surface area is 391 Å². The van der Waals surface area contributed by atoms with Gasteiger partial charge in [0.25, 0.3) is 0 Å². The van der Waals surface area contributed by atoms with Crippen molar-refractivity contribution >= 4 is 41.0 Å². The number of amides is 2. The van der Waals surface area contributed by atoms with Crippen LogP contribution in [0.5, 0.6) is 11.5 Å². The zero-order valence-electron chi connectivity index (χ0n) is 39.3. The fraction of sp³-hybridized carbons (Fsp3) is 0.588.